The van der Waals surface area contributed by atoms with Gasteiger partial charge in [-0.25, -0.2) is 4.68 Å². The van der Waals surface area contributed by atoms with Crippen molar-refractivity contribution in [3.05, 3.63) is 52.0 Å². The summed E-state index contributed by atoms with van der Waals surface area (Å²) in [6.07, 6.45) is 0.770. The Morgan fingerprint density at radius 3 is 2.77 bits per heavy atom. The van der Waals surface area contributed by atoms with Crippen LogP contribution in [0.1, 0.15) is 29.7 Å². The fraction of sp³-hybridized carbons (Fsp3) is 0.389. The number of carbonyl (C=O) groups excluding carboxylic acids is 1. The predicted molar refractivity (Wildman–Crippen MR) is 93.7 cm³/mol. The SMILES string of the molecule is Cc1noc([C@@H]2CCN(C(=O)Cn3nc(C)c4ccccc4c3=O)C2)n1. The molecule has 1 aliphatic heterocycles. The topological polar surface area (TPSA) is 94.1 Å². The molecule has 2 aromatic heterocycles. The van der Waals surface area contributed by atoms with Crippen LogP contribution < -0.4 is 5.56 Å². The van der Waals surface area contributed by atoms with Gasteiger partial charge in [0.05, 0.1) is 17.0 Å². The summed E-state index contributed by atoms with van der Waals surface area (Å²) in [7, 11) is 0. The van der Waals surface area contributed by atoms with Crippen molar-refractivity contribution in [1.29, 1.82) is 0 Å². The maximum atomic E-state index is 12.7. The molecule has 0 aliphatic carbocycles. The zero-order valence-corrected chi connectivity index (χ0v) is 14.7. The first-order valence-electron chi connectivity index (χ1n) is 8.57. The second-order valence-electron chi connectivity index (χ2n) is 6.60. The van der Waals surface area contributed by atoms with E-state index in [4.69, 9.17) is 4.52 Å². The quantitative estimate of drug-likeness (QED) is 0.707. The molecule has 1 aromatic carbocycles. The van der Waals surface area contributed by atoms with Crippen molar-refractivity contribution in [1.82, 2.24) is 24.8 Å². The van der Waals surface area contributed by atoms with Crippen LogP contribution in [0.3, 0.4) is 0 Å². The number of hydrogen-bond acceptors (Lipinski definition) is 6. The average molecular weight is 353 g/mol. The number of carbonyl (C=O) groups is 1. The zero-order chi connectivity index (χ0) is 18.3. The Bertz CT molecular complexity index is 1040. The van der Waals surface area contributed by atoms with Crippen LogP contribution in [0.5, 0.6) is 0 Å². The molecule has 1 amide bonds. The summed E-state index contributed by atoms with van der Waals surface area (Å²) in [4.78, 5) is 31.2. The molecule has 8 nitrogen and oxygen atoms in total. The van der Waals surface area contributed by atoms with Crippen LogP contribution in [-0.2, 0) is 11.3 Å². The summed E-state index contributed by atoms with van der Waals surface area (Å²) in [5.41, 5.74) is 0.483. The lowest BCUT2D eigenvalue weighted by atomic mass is 10.1. The standard InChI is InChI=1S/C18H19N5O3/c1-11-14-5-3-4-6-15(14)18(25)23(20-11)10-16(24)22-8-7-13(9-22)17-19-12(2)21-26-17/h3-6,13H,7-10H2,1-2H3/t13-/m1/s1. The van der Waals surface area contributed by atoms with E-state index < -0.39 is 0 Å². The van der Waals surface area contributed by atoms with E-state index in [0.29, 0.717) is 30.2 Å². The third-order valence-corrected chi connectivity index (χ3v) is 4.77. The second kappa shape index (κ2) is 6.36. The lowest BCUT2D eigenvalue weighted by Gasteiger charge is -2.16. The molecule has 0 N–H and O–H groups in total. The maximum absolute atomic E-state index is 12.7. The highest BCUT2D eigenvalue weighted by Gasteiger charge is 2.31. The number of benzene rings is 1. The Hall–Kier alpha value is -3.03. The number of hydrogen-bond donors (Lipinski definition) is 0. The van der Waals surface area contributed by atoms with Gasteiger partial charge in [0.2, 0.25) is 11.8 Å². The minimum atomic E-state index is -0.247. The highest BCUT2D eigenvalue weighted by atomic mass is 16.5. The Balaban J connectivity index is 1.53. The molecule has 1 atom stereocenters. The van der Waals surface area contributed by atoms with E-state index >= 15 is 0 Å². The summed E-state index contributed by atoms with van der Waals surface area (Å²) in [5, 5.41) is 9.50. The molecule has 1 fully saturated rings. The molecule has 1 saturated heterocycles. The summed E-state index contributed by atoms with van der Waals surface area (Å²) in [6, 6.07) is 7.31. The number of aryl methyl sites for hydroxylation is 2. The molecular weight excluding hydrogens is 334 g/mol. The Morgan fingerprint density at radius 2 is 2.04 bits per heavy atom. The fourth-order valence-electron chi connectivity index (χ4n) is 3.41. The Kier molecular flexibility index (Phi) is 4.02. The zero-order valence-electron chi connectivity index (χ0n) is 14.7. The highest BCUT2D eigenvalue weighted by Crippen LogP contribution is 2.26. The molecule has 3 heterocycles. The van der Waals surface area contributed by atoms with E-state index in [0.717, 1.165) is 17.5 Å². The summed E-state index contributed by atoms with van der Waals surface area (Å²) in [5.74, 6) is 1.07. The molecule has 26 heavy (non-hydrogen) atoms. The van der Waals surface area contributed by atoms with Crippen molar-refractivity contribution in [2.45, 2.75) is 32.7 Å². The van der Waals surface area contributed by atoms with Crippen LogP contribution in [0.25, 0.3) is 10.8 Å². The summed E-state index contributed by atoms with van der Waals surface area (Å²) < 4.78 is 6.47. The number of amides is 1. The van der Waals surface area contributed by atoms with Gasteiger partial charge < -0.3 is 9.42 Å². The lowest BCUT2D eigenvalue weighted by Crippen LogP contribution is -2.36. The van der Waals surface area contributed by atoms with Gasteiger partial charge in [0.25, 0.3) is 5.56 Å². The van der Waals surface area contributed by atoms with E-state index in [1.54, 1.807) is 17.9 Å². The van der Waals surface area contributed by atoms with Crippen molar-refractivity contribution in [2.24, 2.45) is 0 Å². The van der Waals surface area contributed by atoms with Crippen molar-refractivity contribution in [3.8, 4) is 0 Å². The lowest BCUT2D eigenvalue weighted by molar-refractivity contribution is -0.131. The normalized spacial score (nSPS) is 17.2. The van der Waals surface area contributed by atoms with Gasteiger partial charge in [-0.3, -0.25) is 9.59 Å². The molecule has 0 spiro atoms. The molecule has 0 radical (unpaired) electrons. The molecule has 4 rings (SSSR count). The highest BCUT2D eigenvalue weighted by molar-refractivity contribution is 5.83. The van der Waals surface area contributed by atoms with Crippen LogP contribution in [0.2, 0.25) is 0 Å². The summed E-state index contributed by atoms with van der Waals surface area (Å²) >= 11 is 0. The third kappa shape index (κ3) is 2.87. The smallest absolute Gasteiger partial charge is 0.275 e. The van der Waals surface area contributed by atoms with Crippen molar-refractivity contribution in [3.63, 3.8) is 0 Å². The van der Waals surface area contributed by atoms with Gasteiger partial charge in [-0.15, -0.1) is 0 Å². The number of likely N-dealkylation sites (tertiary alicyclic amines) is 1. The first kappa shape index (κ1) is 16.4. The predicted octanol–water partition coefficient (Wildman–Crippen LogP) is 1.41. The van der Waals surface area contributed by atoms with Gasteiger partial charge in [-0.1, -0.05) is 23.4 Å². The van der Waals surface area contributed by atoms with Crippen molar-refractivity contribution >= 4 is 16.7 Å². The molecular formula is C18H19N5O3. The van der Waals surface area contributed by atoms with Crippen molar-refractivity contribution < 1.29 is 9.32 Å². The number of rotatable bonds is 3. The van der Waals surface area contributed by atoms with E-state index in [-0.39, 0.29) is 23.9 Å². The molecule has 0 unspecified atom stereocenters. The Morgan fingerprint density at radius 1 is 1.27 bits per heavy atom. The average Bonchev–Trinajstić information content (AvgIpc) is 3.28. The van der Waals surface area contributed by atoms with Gasteiger partial charge in [0, 0.05) is 18.5 Å². The Labute approximate surface area is 149 Å². The largest absolute Gasteiger partial charge is 0.340 e. The third-order valence-electron chi connectivity index (χ3n) is 4.77. The van der Waals surface area contributed by atoms with Crippen LogP contribution >= 0.6 is 0 Å². The number of aromatic nitrogens is 4. The van der Waals surface area contributed by atoms with Gasteiger partial charge in [-0.2, -0.15) is 10.1 Å². The molecule has 1 aliphatic rings. The summed E-state index contributed by atoms with van der Waals surface area (Å²) in [6.45, 7) is 4.66. The number of nitrogens with zero attached hydrogens (tertiary/aromatic N) is 5. The first-order chi connectivity index (χ1) is 12.5. The molecule has 8 heteroatoms. The van der Waals surface area contributed by atoms with Crippen molar-refractivity contribution in [2.75, 3.05) is 13.1 Å². The van der Waals surface area contributed by atoms with E-state index in [9.17, 15) is 9.59 Å². The molecule has 134 valence electrons. The number of fused-ring (bicyclic) bond motifs is 1. The van der Waals surface area contributed by atoms with Crippen LogP contribution in [-0.4, -0.2) is 43.8 Å². The van der Waals surface area contributed by atoms with Crippen LogP contribution in [0.15, 0.2) is 33.6 Å². The van der Waals surface area contributed by atoms with E-state index in [1.165, 1.54) is 4.68 Å². The second-order valence-corrected chi connectivity index (χ2v) is 6.60. The van der Waals surface area contributed by atoms with E-state index in [2.05, 4.69) is 15.2 Å². The van der Waals surface area contributed by atoms with Gasteiger partial charge >= 0.3 is 0 Å². The minimum Gasteiger partial charge on any atom is -0.340 e. The first-order valence-corrected chi connectivity index (χ1v) is 8.57. The van der Waals surface area contributed by atoms with Crippen LogP contribution in [0, 0.1) is 13.8 Å². The minimum absolute atomic E-state index is 0.0446. The maximum Gasteiger partial charge on any atom is 0.275 e. The molecule has 0 bridgehead atoms. The monoisotopic (exact) mass is 353 g/mol. The van der Waals surface area contributed by atoms with Gasteiger partial charge in [-0.05, 0) is 26.3 Å². The fourth-order valence-corrected chi connectivity index (χ4v) is 3.41. The molecule has 0 saturated carbocycles. The van der Waals surface area contributed by atoms with Gasteiger partial charge in [0.15, 0.2) is 5.82 Å². The van der Waals surface area contributed by atoms with Crippen LogP contribution in [0.4, 0.5) is 0 Å². The van der Waals surface area contributed by atoms with Gasteiger partial charge in [0.1, 0.15) is 6.54 Å². The molecule has 3 aromatic rings. The van der Waals surface area contributed by atoms with E-state index in [1.807, 2.05) is 25.1 Å².